The van der Waals surface area contributed by atoms with Gasteiger partial charge in [-0.2, -0.15) is 0 Å². The SMILES string of the molecule is COc1ccc([C@@H](CNC(=O)C(=O)N2CCC(CO)CC2)c2c[nH]c3ccccc23)cc1. The number of para-hydroxylation sites is 1. The van der Waals surface area contributed by atoms with Gasteiger partial charge in [-0.15, -0.1) is 0 Å². The van der Waals surface area contributed by atoms with E-state index in [1.165, 1.54) is 0 Å². The molecular weight excluding hydrogens is 406 g/mol. The minimum atomic E-state index is -0.592. The van der Waals surface area contributed by atoms with Gasteiger partial charge in [-0.05, 0) is 48.1 Å². The van der Waals surface area contributed by atoms with Gasteiger partial charge in [0.25, 0.3) is 0 Å². The molecule has 32 heavy (non-hydrogen) atoms. The number of aliphatic hydroxyl groups is 1. The van der Waals surface area contributed by atoms with Crippen LogP contribution in [0.3, 0.4) is 0 Å². The predicted octanol–water partition coefficient (Wildman–Crippen LogP) is 2.66. The summed E-state index contributed by atoms with van der Waals surface area (Å²) in [6, 6.07) is 15.8. The number of piperidine rings is 1. The summed E-state index contributed by atoms with van der Waals surface area (Å²) in [5, 5.41) is 13.2. The smallest absolute Gasteiger partial charge is 0.311 e. The fourth-order valence-electron chi connectivity index (χ4n) is 4.36. The highest BCUT2D eigenvalue weighted by Crippen LogP contribution is 2.31. The first-order valence-electron chi connectivity index (χ1n) is 11.0. The van der Waals surface area contributed by atoms with E-state index in [1.807, 2.05) is 48.7 Å². The van der Waals surface area contributed by atoms with Gasteiger partial charge in [0.05, 0.1) is 7.11 Å². The minimum Gasteiger partial charge on any atom is -0.497 e. The van der Waals surface area contributed by atoms with Crippen molar-refractivity contribution >= 4 is 22.7 Å². The molecule has 1 aliphatic heterocycles. The number of likely N-dealkylation sites (tertiary alicyclic amines) is 1. The van der Waals surface area contributed by atoms with Crippen molar-refractivity contribution in [1.29, 1.82) is 0 Å². The fraction of sp³-hybridized carbons (Fsp3) is 0.360. The predicted molar refractivity (Wildman–Crippen MR) is 123 cm³/mol. The van der Waals surface area contributed by atoms with Crippen LogP contribution in [0.4, 0.5) is 0 Å². The summed E-state index contributed by atoms with van der Waals surface area (Å²) in [7, 11) is 1.63. The van der Waals surface area contributed by atoms with Crippen molar-refractivity contribution in [1.82, 2.24) is 15.2 Å². The molecule has 2 heterocycles. The molecule has 3 aromatic rings. The number of nitrogens with one attached hydrogen (secondary N) is 2. The van der Waals surface area contributed by atoms with Crippen LogP contribution in [0, 0.1) is 5.92 Å². The molecule has 2 amide bonds. The molecule has 0 unspecified atom stereocenters. The summed E-state index contributed by atoms with van der Waals surface area (Å²) in [6.45, 7) is 1.43. The number of ether oxygens (including phenoxy) is 1. The third-order valence-electron chi connectivity index (χ3n) is 6.34. The molecule has 0 radical (unpaired) electrons. The average molecular weight is 436 g/mol. The molecule has 1 aromatic heterocycles. The Labute approximate surface area is 187 Å². The van der Waals surface area contributed by atoms with Crippen molar-refractivity contribution < 1.29 is 19.4 Å². The van der Waals surface area contributed by atoms with Crippen molar-refractivity contribution in [3.8, 4) is 5.75 Å². The number of aliphatic hydroxyl groups excluding tert-OH is 1. The van der Waals surface area contributed by atoms with Crippen molar-refractivity contribution in [2.24, 2.45) is 5.92 Å². The minimum absolute atomic E-state index is 0.127. The maximum Gasteiger partial charge on any atom is 0.311 e. The Morgan fingerprint density at radius 2 is 1.88 bits per heavy atom. The Kier molecular flexibility index (Phi) is 6.75. The lowest BCUT2D eigenvalue weighted by atomic mass is 9.90. The van der Waals surface area contributed by atoms with E-state index in [1.54, 1.807) is 12.0 Å². The maximum atomic E-state index is 12.7. The number of rotatable bonds is 6. The molecule has 3 N–H and O–H groups in total. The molecule has 2 aromatic carbocycles. The lowest BCUT2D eigenvalue weighted by molar-refractivity contribution is -0.146. The van der Waals surface area contributed by atoms with Gasteiger partial charge in [0.2, 0.25) is 0 Å². The van der Waals surface area contributed by atoms with E-state index in [-0.39, 0.29) is 18.4 Å². The number of amides is 2. The normalized spacial score (nSPS) is 15.5. The van der Waals surface area contributed by atoms with Crippen LogP contribution < -0.4 is 10.1 Å². The highest BCUT2D eigenvalue weighted by Gasteiger charge is 2.28. The highest BCUT2D eigenvalue weighted by atomic mass is 16.5. The molecule has 7 nitrogen and oxygen atoms in total. The second-order valence-electron chi connectivity index (χ2n) is 8.24. The van der Waals surface area contributed by atoms with Gasteiger partial charge in [-0.3, -0.25) is 9.59 Å². The Morgan fingerprint density at radius 3 is 2.56 bits per heavy atom. The zero-order valence-electron chi connectivity index (χ0n) is 18.2. The van der Waals surface area contributed by atoms with Crippen molar-refractivity contribution in [2.45, 2.75) is 18.8 Å². The lowest BCUT2D eigenvalue weighted by Gasteiger charge is -2.30. The zero-order chi connectivity index (χ0) is 22.5. The van der Waals surface area contributed by atoms with E-state index in [0.717, 1.165) is 40.6 Å². The summed E-state index contributed by atoms with van der Waals surface area (Å²) in [5.41, 5.74) is 3.10. The van der Waals surface area contributed by atoms with Crippen LogP contribution >= 0.6 is 0 Å². The Morgan fingerprint density at radius 1 is 1.16 bits per heavy atom. The van der Waals surface area contributed by atoms with Crippen molar-refractivity contribution in [2.75, 3.05) is 33.4 Å². The van der Waals surface area contributed by atoms with Gasteiger partial charge in [0.1, 0.15) is 5.75 Å². The van der Waals surface area contributed by atoms with Crippen LogP contribution in [0.25, 0.3) is 10.9 Å². The molecule has 7 heteroatoms. The van der Waals surface area contributed by atoms with Crippen molar-refractivity contribution in [3.05, 3.63) is 65.9 Å². The van der Waals surface area contributed by atoms with Crippen LogP contribution in [0.5, 0.6) is 5.75 Å². The third kappa shape index (κ3) is 4.62. The lowest BCUT2D eigenvalue weighted by Crippen LogP contribution is -2.47. The molecule has 1 aliphatic rings. The summed E-state index contributed by atoms with van der Waals surface area (Å²) < 4.78 is 5.28. The van der Waals surface area contributed by atoms with E-state index in [4.69, 9.17) is 4.74 Å². The summed E-state index contributed by atoms with van der Waals surface area (Å²) in [6.07, 6.45) is 3.41. The number of aromatic nitrogens is 1. The van der Waals surface area contributed by atoms with Crippen LogP contribution in [-0.4, -0.2) is 60.2 Å². The zero-order valence-corrected chi connectivity index (χ0v) is 18.2. The van der Waals surface area contributed by atoms with Crippen LogP contribution in [0.2, 0.25) is 0 Å². The maximum absolute atomic E-state index is 12.7. The topological polar surface area (TPSA) is 94.7 Å². The Hall–Kier alpha value is -3.32. The molecule has 168 valence electrons. The Balaban J connectivity index is 1.52. The summed E-state index contributed by atoms with van der Waals surface area (Å²) >= 11 is 0. The molecular formula is C25H29N3O4. The number of aromatic amines is 1. The molecule has 1 atom stereocenters. The number of hydrogen-bond donors (Lipinski definition) is 3. The van der Waals surface area contributed by atoms with E-state index >= 15 is 0 Å². The van der Waals surface area contributed by atoms with Crippen LogP contribution in [0.15, 0.2) is 54.7 Å². The molecule has 0 saturated carbocycles. The number of fused-ring (bicyclic) bond motifs is 1. The monoisotopic (exact) mass is 435 g/mol. The standard InChI is InChI=1S/C25H29N3O4/c1-32-19-8-6-18(7-9-19)21(22-15-26-23-5-3-2-4-20(22)23)14-27-24(30)25(31)28-12-10-17(16-29)11-13-28/h2-9,15,17,21,26,29H,10-14,16H2,1H3,(H,27,30)/t21-/m1/s1. The number of methoxy groups -OCH3 is 1. The number of benzene rings is 2. The van der Waals surface area contributed by atoms with E-state index in [0.29, 0.717) is 19.6 Å². The van der Waals surface area contributed by atoms with Gasteiger partial charge in [0.15, 0.2) is 0 Å². The fourth-order valence-corrected chi connectivity index (χ4v) is 4.36. The van der Waals surface area contributed by atoms with E-state index in [2.05, 4.69) is 16.4 Å². The quantitative estimate of drug-likeness (QED) is 0.519. The van der Waals surface area contributed by atoms with Gasteiger partial charge in [-0.25, -0.2) is 0 Å². The first-order valence-corrected chi connectivity index (χ1v) is 11.0. The molecule has 0 aliphatic carbocycles. The third-order valence-corrected chi connectivity index (χ3v) is 6.34. The molecule has 1 fully saturated rings. The molecule has 1 saturated heterocycles. The molecule has 0 spiro atoms. The number of hydrogen-bond acceptors (Lipinski definition) is 4. The molecule has 4 rings (SSSR count). The van der Waals surface area contributed by atoms with Crippen LogP contribution in [-0.2, 0) is 9.59 Å². The first-order chi connectivity index (χ1) is 15.6. The molecule has 0 bridgehead atoms. The van der Waals surface area contributed by atoms with Gasteiger partial charge >= 0.3 is 11.8 Å². The first kappa shape index (κ1) is 21.9. The number of carbonyl (C=O) groups excluding carboxylic acids is 2. The van der Waals surface area contributed by atoms with E-state index < -0.39 is 11.8 Å². The van der Waals surface area contributed by atoms with Gasteiger partial charge in [-0.1, -0.05) is 30.3 Å². The van der Waals surface area contributed by atoms with Crippen molar-refractivity contribution in [3.63, 3.8) is 0 Å². The number of H-pyrrole nitrogens is 1. The average Bonchev–Trinajstić information content (AvgIpc) is 3.28. The van der Waals surface area contributed by atoms with Gasteiger partial charge < -0.3 is 25.0 Å². The largest absolute Gasteiger partial charge is 0.497 e. The second-order valence-corrected chi connectivity index (χ2v) is 8.24. The number of carbonyl (C=O) groups is 2. The summed E-state index contributed by atoms with van der Waals surface area (Å²) in [4.78, 5) is 30.2. The summed E-state index contributed by atoms with van der Waals surface area (Å²) in [5.74, 6) is -0.256. The number of nitrogens with zero attached hydrogens (tertiary/aromatic N) is 1. The van der Waals surface area contributed by atoms with Gasteiger partial charge in [0, 0.05) is 49.3 Å². The second kappa shape index (κ2) is 9.87. The van der Waals surface area contributed by atoms with Crippen LogP contribution in [0.1, 0.15) is 29.9 Å². The highest BCUT2D eigenvalue weighted by molar-refractivity contribution is 6.35. The van der Waals surface area contributed by atoms with E-state index in [9.17, 15) is 14.7 Å². The Bertz CT molecular complexity index is 1070.